The molecule has 2 aromatic rings. The summed E-state index contributed by atoms with van der Waals surface area (Å²) in [6.45, 7) is 6.15. The molecule has 0 radical (unpaired) electrons. The van der Waals surface area contributed by atoms with Gasteiger partial charge in [-0.3, -0.25) is 4.79 Å². The van der Waals surface area contributed by atoms with Crippen molar-refractivity contribution >= 4 is 45.6 Å². The predicted octanol–water partition coefficient (Wildman–Crippen LogP) is 3.94. The van der Waals surface area contributed by atoms with Crippen LogP contribution in [0.2, 0.25) is 0 Å². The van der Waals surface area contributed by atoms with Gasteiger partial charge in [-0.2, -0.15) is 0 Å². The van der Waals surface area contributed by atoms with Gasteiger partial charge in [-0.15, -0.1) is 22.7 Å². The van der Waals surface area contributed by atoms with Crippen LogP contribution in [0.15, 0.2) is 23.0 Å². The lowest BCUT2D eigenvalue weighted by Gasteiger charge is -2.15. The molecule has 2 aromatic heterocycles. The van der Waals surface area contributed by atoms with E-state index in [2.05, 4.69) is 10.3 Å². The maximum absolute atomic E-state index is 12.1. The molecule has 1 N–H and O–H groups in total. The van der Waals surface area contributed by atoms with E-state index < -0.39 is 5.97 Å². The van der Waals surface area contributed by atoms with Crippen molar-refractivity contribution in [1.29, 1.82) is 0 Å². The van der Waals surface area contributed by atoms with Crippen LogP contribution in [-0.2, 0) is 14.9 Å². The Hall–Kier alpha value is -1.99. The third-order valence-electron chi connectivity index (χ3n) is 2.97. The lowest BCUT2D eigenvalue weighted by Crippen LogP contribution is -2.10. The van der Waals surface area contributed by atoms with Gasteiger partial charge < -0.3 is 10.1 Å². The Balaban J connectivity index is 2.22. The van der Waals surface area contributed by atoms with Crippen LogP contribution in [0.4, 0.5) is 5.00 Å². The largest absolute Gasteiger partial charge is 0.465 e. The molecule has 0 bridgehead atoms. The molecule has 0 fully saturated rings. The zero-order chi connectivity index (χ0) is 17.0. The van der Waals surface area contributed by atoms with Gasteiger partial charge in [0.15, 0.2) is 0 Å². The lowest BCUT2D eigenvalue weighted by molar-refractivity contribution is -0.111. The van der Waals surface area contributed by atoms with Gasteiger partial charge in [0, 0.05) is 16.3 Å². The average Bonchev–Trinajstić information content (AvgIpc) is 3.13. The quantitative estimate of drug-likeness (QED) is 0.670. The van der Waals surface area contributed by atoms with Crippen LogP contribution in [0.5, 0.6) is 0 Å². The first-order valence-corrected chi connectivity index (χ1v) is 8.67. The van der Waals surface area contributed by atoms with Gasteiger partial charge in [-0.05, 0) is 17.6 Å². The Morgan fingerprint density at radius 2 is 2.09 bits per heavy atom. The van der Waals surface area contributed by atoms with Crippen LogP contribution in [0.3, 0.4) is 0 Å². The molecular formula is C16H18N2O3S2. The molecule has 0 atom stereocenters. The van der Waals surface area contributed by atoms with E-state index >= 15 is 0 Å². The normalized spacial score (nSPS) is 11.7. The molecule has 0 saturated heterocycles. The van der Waals surface area contributed by atoms with Crippen molar-refractivity contribution in [2.75, 3.05) is 12.4 Å². The van der Waals surface area contributed by atoms with Crippen molar-refractivity contribution in [2.45, 2.75) is 26.2 Å². The highest BCUT2D eigenvalue weighted by Gasteiger charge is 2.24. The number of hydrogen-bond donors (Lipinski definition) is 1. The average molecular weight is 350 g/mol. The molecule has 23 heavy (non-hydrogen) atoms. The molecule has 0 spiro atoms. The topological polar surface area (TPSA) is 68.3 Å². The summed E-state index contributed by atoms with van der Waals surface area (Å²) in [6, 6.07) is 1.77. The van der Waals surface area contributed by atoms with Crippen molar-refractivity contribution in [3.8, 4) is 0 Å². The molecule has 2 heterocycles. The summed E-state index contributed by atoms with van der Waals surface area (Å²) in [5.74, 6) is -0.777. The van der Waals surface area contributed by atoms with Gasteiger partial charge in [0.25, 0.3) is 0 Å². The number of anilines is 1. The number of hydrogen-bond acceptors (Lipinski definition) is 6. The Bertz CT molecular complexity index is 725. The zero-order valence-corrected chi connectivity index (χ0v) is 15.0. The Morgan fingerprint density at radius 1 is 1.35 bits per heavy atom. The monoisotopic (exact) mass is 350 g/mol. The Kier molecular flexibility index (Phi) is 5.33. The Labute approximate surface area is 143 Å². The van der Waals surface area contributed by atoms with Gasteiger partial charge in [0.2, 0.25) is 5.91 Å². The van der Waals surface area contributed by atoms with Crippen molar-refractivity contribution < 1.29 is 14.3 Å². The number of esters is 1. The van der Waals surface area contributed by atoms with E-state index in [9.17, 15) is 9.59 Å². The van der Waals surface area contributed by atoms with Gasteiger partial charge in [0.05, 0.1) is 23.9 Å². The van der Waals surface area contributed by atoms with Gasteiger partial charge in [0.1, 0.15) is 5.00 Å². The molecule has 122 valence electrons. The number of carbonyl (C=O) groups is 2. The summed E-state index contributed by atoms with van der Waals surface area (Å²) in [5.41, 5.74) is 2.67. The summed E-state index contributed by atoms with van der Waals surface area (Å²) < 4.78 is 4.79. The van der Waals surface area contributed by atoms with Crippen molar-refractivity contribution in [3.05, 3.63) is 39.2 Å². The van der Waals surface area contributed by atoms with Gasteiger partial charge in [-0.1, -0.05) is 20.8 Å². The third-order valence-corrected chi connectivity index (χ3v) is 5.05. The first-order chi connectivity index (χ1) is 10.8. The summed E-state index contributed by atoms with van der Waals surface area (Å²) in [4.78, 5) is 29.0. The van der Waals surface area contributed by atoms with Crippen LogP contribution in [0.25, 0.3) is 6.08 Å². The number of carbonyl (C=O) groups excluding carboxylic acids is 2. The number of amides is 1. The highest BCUT2D eigenvalue weighted by molar-refractivity contribution is 7.16. The highest BCUT2D eigenvalue weighted by Crippen LogP contribution is 2.36. The van der Waals surface area contributed by atoms with E-state index in [1.54, 1.807) is 17.7 Å². The minimum atomic E-state index is -0.462. The molecule has 0 aliphatic heterocycles. The third kappa shape index (κ3) is 4.49. The summed E-state index contributed by atoms with van der Waals surface area (Å²) in [7, 11) is 1.32. The van der Waals surface area contributed by atoms with Gasteiger partial charge in [-0.25, -0.2) is 9.78 Å². The maximum atomic E-state index is 12.1. The number of methoxy groups -OCH3 is 1. The fourth-order valence-corrected chi connectivity index (χ4v) is 3.36. The summed E-state index contributed by atoms with van der Waals surface area (Å²) in [5, 5.41) is 5.08. The fourth-order valence-electron chi connectivity index (χ4n) is 1.73. The van der Waals surface area contributed by atoms with Crippen LogP contribution in [0.1, 0.15) is 41.7 Å². The van der Waals surface area contributed by atoms with E-state index in [0.29, 0.717) is 10.6 Å². The van der Waals surface area contributed by atoms with E-state index in [0.717, 1.165) is 10.6 Å². The second-order valence-corrected chi connectivity index (χ2v) is 7.60. The number of ether oxygens (including phenoxy) is 1. The first kappa shape index (κ1) is 17.4. The molecule has 5 nitrogen and oxygen atoms in total. The molecule has 7 heteroatoms. The number of rotatable bonds is 4. The molecule has 0 aliphatic rings. The molecule has 0 aliphatic carbocycles. The van der Waals surface area contributed by atoms with E-state index in [1.165, 1.54) is 35.9 Å². The van der Waals surface area contributed by atoms with E-state index in [1.807, 2.05) is 26.2 Å². The number of thiophene rings is 1. The first-order valence-electron chi connectivity index (χ1n) is 6.91. The van der Waals surface area contributed by atoms with E-state index in [4.69, 9.17) is 4.74 Å². The summed E-state index contributed by atoms with van der Waals surface area (Å²) in [6.07, 6.45) is 3.02. The van der Waals surface area contributed by atoms with Crippen LogP contribution in [-0.4, -0.2) is 24.0 Å². The zero-order valence-electron chi connectivity index (χ0n) is 13.4. The molecule has 2 rings (SSSR count). The maximum Gasteiger partial charge on any atom is 0.340 e. The second kappa shape index (κ2) is 7.06. The molecule has 0 saturated carbocycles. The van der Waals surface area contributed by atoms with Crippen LogP contribution < -0.4 is 5.32 Å². The predicted molar refractivity (Wildman–Crippen MR) is 94.1 cm³/mol. The molecule has 0 unspecified atom stereocenters. The molecular weight excluding hydrogens is 332 g/mol. The van der Waals surface area contributed by atoms with E-state index in [-0.39, 0.29) is 11.3 Å². The molecule has 0 aromatic carbocycles. The van der Waals surface area contributed by atoms with Crippen molar-refractivity contribution in [1.82, 2.24) is 4.98 Å². The highest BCUT2D eigenvalue weighted by atomic mass is 32.1. The lowest BCUT2D eigenvalue weighted by atomic mass is 9.94. The number of thiazole rings is 1. The fraction of sp³-hybridized carbons (Fsp3) is 0.312. The number of aromatic nitrogens is 1. The number of nitrogens with zero attached hydrogens (tertiary/aromatic N) is 1. The minimum Gasteiger partial charge on any atom is -0.465 e. The van der Waals surface area contributed by atoms with Crippen molar-refractivity contribution in [3.63, 3.8) is 0 Å². The minimum absolute atomic E-state index is 0.118. The van der Waals surface area contributed by atoms with Crippen LogP contribution in [0, 0.1) is 0 Å². The molecule has 1 amide bonds. The van der Waals surface area contributed by atoms with Crippen LogP contribution >= 0.6 is 22.7 Å². The second-order valence-electron chi connectivity index (χ2n) is 5.83. The standard InChI is InChI=1S/C16H18N2O3S2/c1-16(2,3)12-7-11(15(20)21-4)14(23-12)18-13(19)6-5-10-8-22-9-17-10/h5-9H,1-4H3,(H,18,19)/b6-5+. The smallest absolute Gasteiger partial charge is 0.340 e. The van der Waals surface area contributed by atoms with Gasteiger partial charge >= 0.3 is 5.97 Å². The summed E-state index contributed by atoms with van der Waals surface area (Å²) >= 11 is 2.84. The number of nitrogens with one attached hydrogen (secondary N) is 1. The van der Waals surface area contributed by atoms with Crippen molar-refractivity contribution in [2.24, 2.45) is 0 Å². The SMILES string of the molecule is COC(=O)c1cc(C(C)(C)C)sc1NC(=O)/C=C/c1cscn1. The Morgan fingerprint density at radius 3 is 2.65 bits per heavy atom.